The van der Waals surface area contributed by atoms with Crippen LogP contribution in [-0.4, -0.2) is 62.2 Å². The fraction of sp³-hybridized carbons (Fsp3) is 1.00. The quantitative estimate of drug-likeness (QED) is 0.660. The molecule has 13 heavy (non-hydrogen) atoms. The van der Waals surface area contributed by atoms with Crippen molar-refractivity contribution in [1.29, 1.82) is 0 Å². The lowest BCUT2D eigenvalue weighted by Gasteiger charge is -2.35. The summed E-state index contributed by atoms with van der Waals surface area (Å²) in [4.78, 5) is 2.29. The van der Waals surface area contributed by atoms with Crippen molar-refractivity contribution >= 4 is 0 Å². The van der Waals surface area contributed by atoms with E-state index in [2.05, 4.69) is 11.8 Å². The number of aliphatic hydroxyl groups is 1. The van der Waals surface area contributed by atoms with Crippen molar-refractivity contribution in [1.82, 2.24) is 4.90 Å². The Labute approximate surface area is 79.4 Å². The fourth-order valence-corrected chi connectivity index (χ4v) is 1.60. The molecule has 4 heteroatoms. The van der Waals surface area contributed by atoms with E-state index in [1.54, 1.807) is 7.11 Å². The summed E-state index contributed by atoms with van der Waals surface area (Å²) in [7, 11) is 1.71. The molecule has 2 atom stereocenters. The molecule has 1 N–H and O–H groups in total. The minimum Gasteiger partial charge on any atom is -0.394 e. The second-order valence-corrected chi connectivity index (χ2v) is 3.47. The molecule has 0 aromatic rings. The van der Waals surface area contributed by atoms with E-state index in [1.165, 1.54) is 0 Å². The number of hydrogen-bond acceptors (Lipinski definition) is 4. The van der Waals surface area contributed by atoms with Gasteiger partial charge in [0.05, 0.1) is 25.9 Å². The van der Waals surface area contributed by atoms with Crippen LogP contribution in [0.2, 0.25) is 0 Å². The molecule has 0 spiro atoms. The van der Waals surface area contributed by atoms with Crippen molar-refractivity contribution < 1.29 is 14.6 Å². The summed E-state index contributed by atoms with van der Waals surface area (Å²) in [6.07, 6.45) is -0.0203. The molecule has 0 aliphatic carbocycles. The highest BCUT2D eigenvalue weighted by Crippen LogP contribution is 2.08. The third kappa shape index (κ3) is 3.23. The lowest BCUT2D eigenvalue weighted by Crippen LogP contribution is -2.49. The molecule has 1 aliphatic heterocycles. The standard InChI is InChI=1S/C9H19NO3/c1-8(7-12-2)10-3-4-13-9(5-10)6-11/h8-9,11H,3-7H2,1-2H3. The molecule has 0 amide bonds. The molecule has 1 fully saturated rings. The summed E-state index contributed by atoms with van der Waals surface area (Å²) in [6.45, 7) is 5.42. The Balaban J connectivity index is 2.32. The predicted molar refractivity (Wildman–Crippen MR) is 49.7 cm³/mol. The SMILES string of the molecule is COCC(C)N1CCOC(CO)C1. The Morgan fingerprint density at radius 2 is 2.46 bits per heavy atom. The summed E-state index contributed by atoms with van der Waals surface area (Å²) < 4.78 is 10.4. The Kier molecular flexibility index (Phi) is 4.66. The number of ether oxygens (including phenoxy) is 2. The van der Waals surface area contributed by atoms with Gasteiger partial charge in [-0.25, -0.2) is 0 Å². The maximum absolute atomic E-state index is 8.94. The normalized spacial score (nSPS) is 27.5. The van der Waals surface area contributed by atoms with Crippen LogP contribution in [0.25, 0.3) is 0 Å². The molecule has 1 heterocycles. The zero-order valence-electron chi connectivity index (χ0n) is 8.40. The van der Waals surface area contributed by atoms with Crippen LogP contribution in [0.1, 0.15) is 6.92 Å². The van der Waals surface area contributed by atoms with Crippen LogP contribution in [0.15, 0.2) is 0 Å². The lowest BCUT2D eigenvalue weighted by atomic mass is 10.2. The zero-order chi connectivity index (χ0) is 9.68. The van der Waals surface area contributed by atoms with Crippen LogP contribution in [0.5, 0.6) is 0 Å². The second kappa shape index (κ2) is 5.54. The van der Waals surface area contributed by atoms with E-state index < -0.39 is 0 Å². The van der Waals surface area contributed by atoms with Crippen LogP contribution in [0.3, 0.4) is 0 Å². The van der Waals surface area contributed by atoms with E-state index >= 15 is 0 Å². The van der Waals surface area contributed by atoms with Gasteiger partial charge in [-0.1, -0.05) is 0 Å². The van der Waals surface area contributed by atoms with E-state index in [0.29, 0.717) is 12.6 Å². The van der Waals surface area contributed by atoms with Gasteiger partial charge in [-0.15, -0.1) is 0 Å². The summed E-state index contributed by atoms with van der Waals surface area (Å²) in [5, 5.41) is 8.94. The highest BCUT2D eigenvalue weighted by molar-refractivity contribution is 4.75. The minimum absolute atomic E-state index is 0.0203. The third-order valence-corrected chi connectivity index (χ3v) is 2.41. The Hall–Kier alpha value is -0.160. The van der Waals surface area contributed by atoms with E-state index in [-0.39, 0.29) is 12.7 Å². The molecular formula is C9H19NO3. The third-order valence-electron chi connectivity index (χ3n) is 2.41. The molecule has 0 bridgehead atoms. The van der Waals surface area contributed by atoms with Crippen molar-refractivity contribution in [3.63, 3.8) is 0 Å². The Morgan fingerprint density at radius 1 is 1.69 bits per heavy atom. The molecule has 78 valence electrons. The number of morpholine rings is 1. The monoisotopic (exact) mass is 189 g/mol. The van der Waals surface area contributed by atoms with Gasteiger partial charge in [0.1, 0.15) is 0 Å². The smallest absolute Gasteiger partial charge is 0.0933 e. The molecule has 1 aliphatic rings. The van der Waals surface area contributed by atoms with Gasteiger partial charge >= 0.3 is 0 Å². The summed E-state index contributed by atoms with van der Waals surface area (Å²) in [6, 6.07) is 0.406. The van der Waals surface area contributed by atoms with Crippen LogP contribution in [-0.2, 0) is 9.47 Å². The zero-order valence-corrected chi connectivity index (χ0v) is 8.40. The average molecular weight is 189 g/mol. The molecular weight excluding hydrogens is 170 g/mol. The van der Waals surface area contributed by atoms with E-state index in [9.17, 15) is 0 Å². The molecule has 0 radical (unpaired) electrons. The topological polar surface area (TPSA) is 41.9 Å². The van der Waals surface area contributed by atoms with Crippen LogP contribution in [0, 0.1) is 0 Å². The summed E-state index contributed by atoms with van der Waals surface area (Å²) in [5.41, 5.74) is 0. The van der Waals surface area contributed by atoms with Gasteiger partial charge in [-0.3, -0.25) is 4.90 Å². The number of aliphatic hydroxyl groups excluding tert-OH is 1. The highest BCUT2D eigenvalue weighted by Gasteiger charge is 2.23. The highest BCUT2D eigenvalue weighted by atomic mass is 16.5. The van der Waals surface area contributed by atoms with Crippen molar-refractivity contribution in [2.24, 2.45) is 0 Å². The number of methoxy groups -OCH3 is 1. The number of hydrogen-bond donors (Lipinski definition) is 1. The molecule has 0 aromatic heterocycles. The van der Waals surface area contributed by atoms with Gasteiger partial charge in [0.15, 0.2) is 0 Å². The van der Waals surface area contributed by atoms with E-state index in [4.69, 9.17) is 14.6 Å². The minimum atomic E-state index is -0.0203. The van der Waals surface area contributed by atoms with Gasteiger partial charge in [0.2, 0.25) is 0 Å². The number of nitrogens with zero attached hydrogens (tertiary/aromatic N) is 1. The molecule has 0 aromatic carbocycles. The largest absolute Gasteiger partial charge is 0.394 e. The molecule has 2 unspecified atom stereocenters. The molecule has 0 saturated carbocycles. The van der Waals surface area contributed by atoms with Crippen LogP contribution >= 0.6 is 0 Å². The van der Waals surface area contributed by atoms with Crippen LogP contribution < -0.4 is 0 Å². The van der Waals surface area contributed by atoms with Crippen molar-refractivity contribution in [3.8, 4) is 0 Å². The molecule has 1 rings (SSSR count). The van der Waals surface area contributed by atoms with Crippen LogP contribution in [0.4, 0.5) is 0 Å². The van der Waals surface area contributed by atoms with Gasteiger partial charge in [0.25, 0.3) is 0 Å². The molecule has 1 saturated heterocycles. The van der Waals surface area contributed by atoms with Crippen molar-refractivity contribution in [2.45, 2.75) is 19.1 Å². The van der Waals surface area contributed by atoms with Gasteiger partial charge in [0, 0.05) is 26.2 Å². The van der Waals surface area contributed by atoms with Gasteiger partial charge < -0.3 is 14.6 Å². The first-order valence-corrected chi connectivity index (χ1v) is 4.73. The summed E-state index contributed by atoms with van der Waals surface area (Å²) in [5.74, 6) is 0. The van der Waals surface area contributed by atoms with E-state index in [1.807, 2.05) is 0 Å². The van der Waals surface area contributed by atoms with Crippen molar-refractivity contribution in [3.05, 3.63) is 0 Å². The summed E-state index contributed by atoms with van der Waals surface area (Å²) >= 11 is 0. The maximum atomic E-state index is 8.94. The first-order chi connectivity index (χ1) is 6.27. The van der Waals surface area contributed by atoms with Gasteiger partial charge in [-0.05, 0) is 6.92 Å². The Bertz CT molecular complexity index is 143. The van der Waals surface area contributed by atoms with E-state index in [0.717, 1.165) is 19.7 Å². The lowest BCUT2D eigenvalue weighted by molar-refractivity contribution is -0.0697. The fourth-order valence-electron chi connectivity index (χ4n) is 1.60. The second-order valence-electron chi connectivity index (χ2n) is 3.47. The maximum Gasteiger partial charge on any atom is 0.0933 e. The first-order valence-electron chi connectivity index (χ1n) is 4.73. The molecule has 4 nitrogen and oxygen atoms in total. The van der Waals surface area contributed by atoms with Gasteiger partial charge in [-0.2, -0.15) is 0 Å². The first kappa shape index (κ1) is 10.9. The average Bonchev–Trinajstić information content (AvgIpc) is 2.18. The number of rotatable bonds is 4. The van der Waals surface area contributed by atoms with Crippen molar-refractivity contribution in [2.75, 3.05) is 40.0 Å². The Morgan fingerprint density at radius 3 is 3.08 bits per heavy atom. The predicted octanol–water partition coefficient (Wildman–Crippen LogP) is -0.286.